The highest BCUT2D eigenvalue weighted by molar-refractivity contribution is 6.28. The van der Waals surface area contributed by atoms with Gasteiger partial charge in [-0.15, -0.1) is 0 Å². The smallest absolute Gasteiger partial charge is 0.224 e. The summed E-state index contributed by atoms with van der Waals surface area (Å²) in [5.41, 5.74) is 0.506. The highest BCUT2D eigenvalue weighted by Crippen LogP contribution is 2.25. The molecule has 1 aromatic rings. The lowest BCUT2D eigenvalue weighted by Gasteiger charge is -2.42. The Labute approximate surface area is 112 Å². The molecule has 0 spiro atoms. The Morgan fingerprint density at radius 1 is 1.56 bits per heavy atom. The molecule has 1 aliphatic rings. The number of aliphatic hydroxyl groups is 1. The van der Waals surface area contributed by atoms with E-state index in [9.17, 15) is 5.11 Å². The maximum Gasteiger partial charge on any atom is 0.224 e. The third-order valence-electron chi connectivity index (χ3n) is 2.82. The lowest BCUT2D eigenvalue weighted by Crippen LogP contribution is -2.54. The zero-order valence-electron chi connectivity index (χ0n) is 10.9. The molecule has 0 saturated carbocycles. The fraction of sp³-hybridized carbons (Fsp3) is 0.667. The Balaban J connectivity index is 2.26. The molecular weight excluding hydrogens is 254 g/mol. The van der Waals surface area contributed by atoms with Crippen molar-refractivity contribution in [3.05, 3.63) is 17.0 Å². The van der Waals surface area contributed by atoms with Gasteiger partial charge in [0.1, 0.15) is 5.82 Å². The highest BCUT2D eigenvalue weighted by atomic mass is 35.5. The Morgan fingerprint density at radius 3 is 2.89 bits per heavy atom. The van der Waals surface area contributed by atoms with E-state index in [1.807, 2.05) is 26.8 Å². The first-order valence-corrected chi connectivity index (χ1v) is 6.32. The van der Waals surface area contributed by atoms with Crippen LogP contribution in [0.2, 0.25) is 5.28 Å². The molecular formula is C12H18ClN3O2. The normalized spacial score (nSPS) is 23.2. The van der Waals surface area contributed by atoms with Gasteiger partial charge in [-0.3, -0.25) is 0 Å². The van der Waals surface area contributed by atoms with Crippen molar-refractivity contribution in [2.45, 2.75) is 32.5 Å². The van der Waals surface area contributed by atoms with Crippen LogP contribution in [0.15, 0.2) is 6.07 Å². The molecule has 1 atom stereocenters. The van der Waals surface area contributed by atoms with E-state index in [0.29, 0.717) is 13.1 Å². The van der Waals surface area contributed by atoms with Crippen molar-refractivity contribution < 1.29 is 9.84 Å². The average molecular weight is 272 g/mol. The fourth-order valence-electron chi connectivity index (χ4n) is 2.24. The molecule has 1 aromatic heterocycles. The quantitative estimate of drug-likeness (QED) is 0.825. The number of aryl methyl sites for hydroxylation is 1. The molecule has 2 heterocycles. The minimum Gasteiger partial charge on any atom is -0.394 e. The van der Waals surface area contributed by atoms with E-state index in [0.717, 1.165) is 11.5 Å². The number of aromatic nitrogens is 2. The second-order valence-corrected chi connectivity index (χ2v) is 5.54. The second-order valence-electron chi connectivity index (χ2n) is 5.20. The Kier molecular flexibility index (Phi) is 3.75. The lowest BCUT2D eigenvalue weighted by molar-refractivity contribution is -0.101. The summed E-state index contributed by atoms with van der Waals surface area (Å²) in [6, 6.07) is 1.89. The first kappa shape index (κ1) is 13.5. The van der Waals surface area contributed by atoms with Crippen LogP contribution in [0.25, 0.3) is 0 Å². The number of morpholine rings is 1. The first-order valence-electron chi connectivity index (χ1n) is 5.94. The molecule has 0 radical (unpaired) electrons. The molecule has 1 aliphatic heterocycles. The number of hydrogen-bond donors (Lipinski definition) is 1. The van der Waals surface area contributed by atoms with Crippen molar-refractivity contribution in [3.63, 3.8) is 0 Å². The van der Waals surface area contributed by atoms with E-state index >= 15 is 0 Å². The Bertz CT molecular complexity index is 419. The molecule has 6 heteroatoms. The van der Waals surface area contributed by atoms with Crippen molar-refractivity contribution >= 4 is 17.4 Å². The lowest BCUT2D eigenvalue weighted by atomic mass is 10.1. The van der Waals surface area contributed by atoms with Gasteiger partial charge in [0, 0.05) is 24.8 Å². The molecule has 100 valence electrons. The number of nitrogens with zero attached hydrogens (tertiary/aromatic N) is 3. The number of rotatable bonds is 2. The van der Waals surface area contributed by atoms with Gasteiger partial charge in [-0.1, -0.05) is 0 Å². The standard InChI is InChI=1S/C12H18ClN3O2/c1-8-4-10(15-11(13)14-8)16-5-9(6-17)18-12(2,3)7-16/h4,9,17H,5-7H2,1-3H3. The maximum absolute atomic E-state index is 9.29. The molecule has 1 fully saturated rings. The molecule has 2 rings (SSSR count). The van der Waals surface area contributed by atoms with Crippen LogP contribution in [-0.2, 0) is 4.74 Å². The largest absolute Gasteiger partial charge is 0.394 e. The topological polar surface area (TPSA) is 58.5 Å². The van der Waals surface area contributed by atoms with Crippen LogP contribution in [0, 0.1) is 6.92 Å². The Morgan fingerprint density at radius 2 is 2.28 bits per heavy atom. The SMILES string of the molecule is Cc1cc(N2CC(CO)OC(C)(C)C2)nc(Cl)n1. The summed E-state index contributed by atoms with van der Waals surface area (Å²) < 4.78 is 5.77. The number of hydrogen-bond acceptors (Lipinski definition) is 5. The summed E-state index contributed by atoms with van der Waals surface area (Å²) in [5, 5.41) is 9.53. The molecule has 1 unspecified atom stereocenters. The molecule has 0 aromatic carbocycles. The number of anilines is 1. The predicted octanol–water partition coefficient (Wildman–Crippen LogP) is 1.41. The first-order chi connectivity index (χ1) is 8.39. The molecule has 5 nitrogen and oxygen atoms in total. The van der Waals surface area contributed by atoms with Crippen LogP contribution < -0.4 is 4.90 Å². The Hall–Kier alpha value is -0.910. The van der Waals surface area contributed by atoms with Gasteiger partial charge in [0.25, 0.3) is 0 Å². The van der Waals surface area contributed by atoms with E-state index in [-0.39, 0.29) is 23.6 Å². The van der Waals surface area contributed by atoms with E-state index in [1.54, 1.807) is 0 Å². The average Bonchev–Trinajstić information content (AvgIpc) is 2.25. The second kappa shape index (κ2) is 4.99. The summed E-state index contributed by atoms with van der Waals surface area (Å²) >= 11 is 5.88. The molecule has 1 N–H and O–H groups in total. The number of ether oxygens (including phenoxy) is 1. The summed E-state index contributed by atoms with van der Waals surface area (Å²) in [6.45, 7) is 7.18. The monoisotopic (exact) mass is 271 g/mol. The zero-order chi connectivity index (χ0) is 13.3. The van der Waals surface area contributed by atoms with E-state index < -0.39 is 0 Å². The van der Waals surface area contributed by atoms with Gasteiger partial charge in [-0.2, -0.15) is 0 Å². The molecule has 0 aliphatic carbocycles. The molecule has 1 saturated heterocycles. The van der Waals surface area contributed by atoms with Gasteiger partial charge in [0.15, 0.2) is 0 Å². The van der Waals surface area contributed by atoms with Crippen LogP contribution in [0.4, 0.5) is 5.82 Å². The van der Waals surface area contributed by atoms with Crippen molar-refractivity contribution in [1.82, 2.24) is 9.97 Å². The van der Waals surface area contributed by atoms with Gasteiger partial charge in [0.2, 0.25) is 5.28 Å². The third-order valence-corrected chi connectivity index (χ3v) is 2.99. The molecule has 0 amide bonds. The van der Waals surface area contributed by atoms with Crippen molar-refractivity contribution in [3.8, 4) is 0 Å². The van der Waals surface area contributed by atoms with Gasteiger partial charge in [-0.05, 0) is 32.4 Å². The van der Waals surface area contributed by atoms with Crippen LogP contribution in [0.3, 0.4) is 0 Å². The van der Waals surface area contributed by atoms with Crippen LogP contribution in [0.1, 0.15) is 19.5 Å². The van der Waals surface area contributed by atoms with Crippen molar-refractivity contribution in [2.24, 2.45) is 0 Å². The fourth-order valence-corrected chi connectivity index (χ4v) is 2.46. The van der Waals surface area contributed by atoms with Crippen LogP contribution in [0.5, 0.6) is 0 Å². The van der Waals surface area contributed by atoms with Crippen LogP contribution >= 0.6 is 11.6 Å². The van der Waals surface area contributed by atoms with Crippen LogP contribution in [-0.4, -0.2) is 46.5 Å². The van der Waals surface area contributed by atoms with Gasteiger partial charge < -0.3 is 14.7 Å². The minimum absolute atomic E-state index is 0.00225. The van der Waals surface area contributed by atoms with Gasteiger partial charge >= 0.3 is 0 Å². The third kappa shape index (κ3) is 3.10. The van der Waals surface area contributed by atoms with E-state index in [1.165, 1.54) is 0 Å². The predicted molar refractivity (Wildman–Crippen MR) is 70.0 cm³/mol. The number of halogens is 1. The highest BCUT2D eigenvalue weighted by Gasteiger charge is 2.33. The maximum atomic E-state index is 9.29. The molecule has 18 heavy (non-hydrogen) atoms. The summed E-state index contributed by atoms with van der Waals surface area (Å²) in [7, 11) is 0. The van der Waals surface area contributed by atoms with E-state index in [4.69, 9.17) is 16.3 Å². The van der Waals surface area contributed by atoms with Gasteiger partial charge in [0.05, 0.1) is 18.3 Å². The van der Waals surface area contributed by atoms with E-state index in [2.05, 4.69) is 14.9 Å². The molecule has 0 bridgehead atoms. The summed E-state index contributed by atoms with van der Waals surface area (Å²) in [6.07, 6.45) is -0.206. The van der Waals surface area contributed by atoms with Crippen molar-refractivity contribution in [2.75, 3.05) is 24.6 Å². The zero-order valence-corrected chi connectivity index (χ0v) is 11.6. The van der Waals surface area contributed by atoms with Gasteiger partial charge in [-0.25, -0.2) is 9.97 Å². The number of aliphatic hydroxyl groups excluding tert-OH is 1. The summed E-state index contributed by atoms with van der Waals surface area (Å²) in [5.74, 6) is 0.780. The summed E-state index contributed by atoms with van der Waals surface area (Å²) in [4.78, 5) is 10.4. The minimum atomic E-state index is -0.322. The van der Waals surface area contributed by atoms with Crippen molar-refractivity contribution in [1.29, 1.82) is 0 Å².